The van der Waals surface area contributed by atoms with Crippen LogP contribution in [0.3, 0.4) is 0 Å². The summed E-state index contributed by atoms with van der Waals surface area (Å²) >= 11 is 1.72. The Bertz CT molecular complexity index is 341. The third-order valence-electron chi connectivity index (χ3n) is 1.69. The first-order chi connectivity index (χ1) is 6.36. The van der Waals surface area contributed by atoms with Crippen LogP contribution in [-0.2, 0) is 0 Å². The lowest BCUT2D eigenvalue weighted by atomic mass is 10.3. The minimum absolute atomic E-state index is 0.637. The van der Waals surface area contributed by atoms with E-state index in [-0.39, 0.29) is 0 Å². The summed E-state index contributed by atoms with van der Waals surface area (Å²) in [6.45, 7) is 0.891. The summed E-state index contributed by atoms with van der Waals surface area (Å²) in [7, 11) is 0. The first-order valence-electron chi connectivity index (χ1n) is 4.04. The molecule has 0 unspecified atom stereocenters. The molecule has 0 aromatic carbocycles. The molecule has 0 saturated heterocycles. The van der Waals surface area contributed by atoms with Gasteiger partial charge in [0.1, 0.15) is 5.76 Å². The number of nitrogens with zero attached hydrogens (tertiary/aromatic N) is 1. The third kappa shape index (κ3) is 1.95. The Morgan fingerprint density at radius 1 is 1.69 bits per heavy atom. The maximum absolute atomic E-state index is 5.79. The second-order valence-electron chi connectivity index (χ2n) is 2.65. The van der Waals surface area contributed by atoms with Crippen LogP contribution >= 0.6 is 11.8 Å². The topological polar surface area (TPSA) is 51.5 Å². The van der Waals surface area contributed by atoms with E-state index in [4.69, 9.17) is 10.2 Å². The van der Waals surface area contributed by atoms with E-state index in [1.807, 2.05) is 18.2 Å². The normalized spacial score (nSPS) is 17.5. The van der Waals surface area contributed by atoms with Crippen LogP contribution in [0, 0.1) is 0 Å². The molecule has 0 fully saturated rings. The molecule has 1 aliphatic heterocycles. The minimum Gasteiger partial charge on any atom is -0.463 e. The van der Waals surface area contributed by atoms with Crippen molar-refractivity contribution in [3.05, 3.63) is 30.2 Å². The molecule has 0 amide bonds. The molecule has 2 rings (SSSR count). The van der Waals surface area contributed by atoms with E-state index in [1.165, 1.54) is 0 Å². The summed E-state index contributed by atoms with van der Waals surface area (Å²) in [5.41, 5.74) is 6.43. The summed E-state index contributed by atoms with van der Waals surface area (Å²) in [6, 6.07) is 3.66. The van der Waals surface area contributed by atoms with E-state index in [2.05, 4.69) is 4.99 Å². The maximum atomic E-state index is 5.79. The highest BCUT2D eigenvalue weighted by molar-refractivity contribution is 8.14. The molecule has 1 aromatic heterocycles. The Balaban J connectivity index is 2.16. The van der Waals surface area contributed by atoms with Crippen LogP contribution in [-0.4, -0.2) is 17.3 Å². The molecule has 1 aromatic rings. The number of rotatable bonds is 2. The number of aliphatic imine (C=N–C) groups is 1. The van der Waals surface area contributed by atoms with Crippen molar-refractivity contribution in [1.82, 2.24) is 0 Å². The molecule has 0 atom stereocenters. The Morgan fingerprint density at radius 2 is 2.62 bits per heavy atom. The van der Waals surface area contributed by atoms with Crippen LogP contribution in [0.25, 0.3) is 5.70 Å². The fourth-order valence-corrected chi connectivity index (χ4v) is 1.87. The van der Waals surface area contributed by atoms with E-state index >= 15 is 0 Å². The average Bonchev–Trinajstić information content (AvgIpc) is 2.74. The highest BCUT2D eigenvalue weighted by atomic mass is 32.2. The fraction of sp³-hybridized carbons (Fsp3) is 0.222. The maximum Gasteiger partial charge on any atom is 0.149 e. The number of hydrogen-bond donors (Lipinski definition) is 1. The summed E-state index contributed by atoms with van der Waals surface area (Å²) in [5, 5.41) is 0.994. The second kappa shape index (κ2) is 3.70. The largest absolute Gasteiger partial charge is 0.463 e. The lowest BCUT2D eigenvalue weighted by molar-refractivity contribution is 0.552. The number of nitrogens with two attached hydrogens (primary N) is 1. The molecule has 68 valence electrons. The van der Waals surface area contributed by atoms with Crippen molar-refractivity contribution in [2.75, 3.05) is 12.3 Å². The zero-order valence-electron chi connectivity index (χ0n) is 7.06. The van der Waals surface area contributed by atoms with Crippen molar-refractivity contribution >= 4 is 22.5 Å². The van der Waals surface area contributed by atoms with Crippen LogP contribution in [0.4, 0.5) is 0 Å². The Hall–Kier alpha value is -1.16. The monoisotopic (exact) mass is 194 g/mol. The highest BCUT2D eigenvalue weighted by Crippen LogP contribution is 2.16. The highest BCUT2D eigenvalue weighted by Gasteiger charge is 2.06. The van der Waals surface area contributed by atoms with E-state index < -0.39 is 0 Å². The molecule has 3 nitrogen and oxygen atoms in total. The first kappa shape index (κ1) is 8.44. The summed E-state index contributed by atoms with van der Waals surface area (Å²) in [4.78, 5) is 4.27. The average molecular weight is 194 g/mol. The van der Waals surface area contributed by atoms with Gasteiger partial charge in [-0.1, -0.05) is 0 Å². The molecule has 0 aliphatic carbocycles. The van der Waals surface area contributed by atoms with Crippen LogP contribution in [0.2, 0.25) is 0 Å². The molecule has 0 radical (unpaired) electrons. The van der Waals surface area contributed by atoms with Gasteiger partial charge in [-0.3, -0.25) is 4.99 Å². The van der Waals surface area contributed by atoms with Gasteiger partial charge in [-0.05, 0) is 18.2 Å². The standard InChI is InChI=1S/C9H10N2OS/c10-7(8-2-1-4-12-8)6-9-11-3-5-13-9/h1-2,4,6H,3,5,10H2/b7-6+. The molecule has 0 spiro atoms. The van der Waals surface area contributed by atoms with Crippen molar-refractivity contribution in [3.8, 4) is 0 Å². The van der Waals surface area contributed by atoms with Crippen LogP contribution in [0.15, 0.2) is 33.9 Å². The van der Waals surface area contributed by atoms with Crippen molar-refractivity contribution in [2.24, 2.45) is 10.7 Å². The number of furan rings is 1. The van der Waals surface area contributed by atoms with Gasteiger partial charge < -0.3 is 10.2 Å². The van der Waals surface area contributed by atoms with E-state index in [0.29, 0.717) is 11.5 Å². The predicted molar refractivity (Wildman–Crippen MR) is 55.6 cm³/mol. The quantitative estimate of drug-likeness (QED) is 0.780. The van der Waals surface area contributed by atoms with Crippen molar-refractivity contribution in [1.29, 1.82) is 0 Å². The summed E-state index contributed by atoms with van der Waals surface area (Å²) < 4.78 is 5.15. The van der Waals surface area contributed by atoms with Crippen molar-refractivity contribution in [3.63, 3.8) is 0 Å². The van der Waals surface area contributed by atoms with Gasteiger partial charge in [0.15, 0.2) is 0 Å². The SMILES string of the molecule is N/C(=C/C1=NCCS1)c1ccco1. The molecule has 4 heteroatoms. The van der Waals surface area contributed by atoms with Gasteiger partial charge in [0, 0.05) is 12.3 Å². The van der Waals surface area contributed by atoms with Crippen LogP contribution in [0.1, 0.15) is 5.76 Å². The molecular weight excluding hydrogens is 184 g/mol. The molecule has 0 saturated carbocycles. The zero-order valence-corrected chi connectivity index (χ0v) is 7.88. The van der Waals surface area contributed by atoms with Gasteiger partial charge in [0.25, 0.3) is 0 Å². The number of thioether (sulfide) groups is 1. The molecule has 13 heavy (non-hydrogen) atoms. The lowest BCUT2D eigenvalue weighted by Gasteiger charge is -1.95. The van der Waals surface area contributed by atoms with Gasteiger partial charge in [-0.2, -0.15) is 0 Å². The van der Waals surface area contributed by atoms with Gasteiger partial charge in [-0.15, -0.1) is 11.8 Å². The smallest absolute Gasteiger partial charge is 0.149 e. The van der Waals surface area contributed by atoms with Gasteiger partial charge in [0.2, 0.25) is 0 Å². The predicted octanol–water partition coefficient (Wildman–Crippen LogP) is 1.72. The van der Waals surface area contributed by atoms with Crippen LogP contribution in [0.5, 0.6) is 0 Å². The second-order valence-corrected chi connectivity index (χ2v) is 3.76. The fourth-order valence-electron chi connectivity index (χ4n) is 1.09. The Morgan fingerprint density at radius 3 is 3.23 bits per heavy atom. The third-order valence-corrected chi connectivity index (χ3v) is 2.62. The van der Waals surface area contributed by atoms with Gasteiger partial charge in [-0.25, -0.2) is 0 Å². The first-order valence-corrected chi connectivity index (χ1v) is 5.03. The minimum atomic E-state index is 0.637. The number of hydrogen-bond acceptors (Lipinski definition) is 4. The van der Waals surface area contributed by atoms with Gasteiger partial charge in [0.05, 0.1) is 17.0 Å². The zero-order chi connectivity index (χ0) is 9.10. The Kier molecular flexibility index (Phi) is 2.40. The lowest BCUT2D eigenvalue weighted by Crippen LogP contribution is -1.97. The van der Waals surface area contributed by atoms with Crippen molar-refractivity contribution < 1.29 is 4.42 Å². The van der Waals surface area contributed by atoms with E-state index in [0.717, 1.165) is 17.3 Å². The molecule has 2 heterocycles. The van der Waals surface area contributed by atoms with Crippen LogP contribution < -0.4 is 5.73 Å². The molecule has 1 aliphatic rings. The molecule has 0 bridgehead atoms. The molecular formula is C9H10N2OS. The van der Waals surface area contributed by atoms with E-state index in [9.17, 15) is 0 Å². The van der Waals surface area contributed by atoms with Gasteiger partial charge >= 0.3 is 0 Å². The van der Waals surface area contributed by atoms with E-state index in [1.54, 1.807) is 18.0 Å². The summed E-state index contributed by atoms with van der Waals surface area (Å²) in [6.07, 6.45) is 3.47. The summed E-state index contributed by atoms with van der Waals surface area (Å²) in [5.74, 6) is 1.76. The van der Waals surface area contributed by atoms with Crippen molar-refractivity contribution in [2.45, 2.75) is 0 Å². The molecule has 2 N–H and O–H groups in total. The Labute approximate surface area is 80.7 Å².